The summed E-state index contributed by atoms with van der Waals surface area (Å²) in [5.74, 6) is 5.66. The number of hydrogen-bond donors (Lipinski definition) is 1. The van der Waals surface area contributed by atoms with Gasteiger partial charge in [0.1, 0.15) is 11.4 Å². The minimum atomic E-state index is -0.850. The van der Waals surface area contributed by atoms with E-state index in [1.807, 2.05) is 0 Å². The third-order valence-corrected chi connectivity index (χ3v) is 2.34. The van der Waals surface area contributed by atoms with Gasteiger partial charge in [-0.1, -0.05) is 0 Å². The van der Waals surface area contributed by atoms with Crippen molar-refractivity contribution in [3.63, 3.8) is 0 Å². The van der Waals surface area contributed by atoms with Crippen molar-refractivity contribution in [2.75, 3.05) is 7.11 Å². The number of hydrogen-bond acceptors (Lipinski definition) is 5. The highest BCUT2D eigenvalue weighted by atomic mass is 16.6. The van der Waals surface area contributed by atoms with E-state index in [9.17, 15) is 10.1 Å². The van der Waals surface area contributed by atoms with Crippen LogP contribution in [0.3, 0.4) is 0 Å². The van der Waals surface area contributed by atoms with Crippen LogP contribution in [0.2, 0.25) is 0 Å². The molecule has 0 bridgehead atoms. The second-order valence-electron chi connectivity index (χ2n) is 3.77. The molecule has 6 nitrogen and oxygen atoms in total. The van der Waals surface area contributed by atoms with Crippen molar-refractivity contribution in [3.05, 3.63) is 33.9 Å². The number of rotatable bonds is 4. The largest absolute Gasteiger partial charge is 0.496 e. The Bertz CT molecular complexity index is 404. The summed E-state index contributed by atoms with van der Waals surface area (Å²) in [6.07, 6.45) is 0. The summed E-state index contributed by atoms with van der Waals surface area (Å²) < 4.78 is 5.11. The van der Waals surface area contributed by atoms with E-state index >= 15 is 0 Å². The van der Waals surface area contributed by atoms with E-state index < -0.39 is 10.5 Å². The van der Waals surface area contributed by atoms with Crippen LogP contribution in [0.1, 0.15) is 19.4 Å². The predicted octanol–water partition coefficient (Wildman–Crippen LogP) is 1.73. The summed E-state index contributed by atoms with van der Waals surface area (Å²) in [6.45, 7) is 3.41. The van der Waals surface area contributed by atoms with Gasteiger partial charge in [-0.2, -0.15) is 0 Å². The van der Waals surface area contributed by atoms with Gasteiger partial charge in [-0.25, -0.2) is 5.90 Å². The number of nitro benzene ring substituents is 1. The molecule has 88 valence electrons. The quantitative estimate of drug-likeness (QED) is 0.624. The molecular weight excluding hydrogens is 212 g/mol. The van der Waals surface area contributed by atoms with Crippen LogP contribution in [0, 0.1) is 10.1 Å². The number of benzene rings is 1. The van der Waals surface area contributed by atoms with Gasteiger partial charge in [-0.3, -0.25) is 15.0 Å². The Morgan fingerprint density at radius 1 is 1.44 bits per heavy atom. The first kappa shape index (κ1) is 12.4. The fourth-order valence-electron chi connectivity index (χ4n) is 1.34. The van der Waals surface area contributed by atoms with E-state index in [1.54, 1.807) is 13.8 Å². The molecule has 0 fully saturated rings. The SMILES string of the molecule is COc1ccc([N+](=O)[O-])cc1C(C)(C)ON. The third-order valence-electron chi connectivity index (χ3n) is 2.34. The van der Waals surface area contributed by atoms with Gasteiger partial charge < -0.3 is 4.74 Å². The summed E-state index contributed by atoms with van der Waals surface area (Å²) in [5, 5.41) is 10.7. The maximum atomic E-state index is 10.7. The molecule has 0 amide bonds. The average Bonchev–Trinajstić information content (AvgIpc) is 2.28. The van der Waals surface area contributed by atoms with Crippen LogP contribution in [-0.4, -0.2) is 12.0 Å². The predicted molar refractivity (Wildman–Crippen MR) is 57.9 cm³/mol. The van der Waals surface area contributed by atoms with E-state index in [0.717, 1.165) is 0 Å². The van der Waals surface area contributed by atoms with Gasteiger partial charge in [0.05, 0.1) is 12.0 Å². The van der Waals surface area contributed by atoms with Crippen LogP contribution in [0.5, 0.6) is 5.75 Å². The highest BCUT2D eigenvalue weighted by Crippen LogP contribution is 2.34. The molecule has 0 heterocycles. The molecule has 16 heavy (non-hydrogen) atoms. The maximum absolute atomic E-state index is 10.7. The van der Waals surface area contributed by atoms with E-state index in [2.05, 4.69) is 0 Å². The lowest BCUT2D eigenvalue weighted by molar-refractivity contribution is -0.385. The zero-order chi connectivity index (χ0) is 12.3. The molecule has 1 aromatic rings. The van der Waals surface area contributed by atoms with Crippen molar-refractivity contribution >= 4 is 5.69 Å². The van der Waals surface area contributed by atoms with Gasteiger partial charge in [0, 0.05) is 17.7 Å². The van der Waals surface area contributed by atoms with Crippen LogP contribution in [0.4, 0.5) is 5.69 Å². The summed E-state index contributed by atoms with van der Waals surface area (Å²) in [6, 6.07) is 4.29. The summed E-state index contributed by atoms with van der Waals surface area (Å²) >= 11 is 0. The molecule has 0 spiro atoms. The topological polar surface area (TPSA) is 87.6 Å². The Balaban J connectivity index is 3.33. The second kappa shape index (κ2) is 4.46. The molecule has 0 aromatic heterocycles. The molecule has 0 aliphatic heterocycles. The van der Waals surface area contributed by atoms with Crippen LogP contribution in [0.15, 0.2) is 18.2 Å². The van der Waals surface area contributed by atoms with Gasteiger partial charge >= 0.3 is 0 Å². The average molecular weight is 226 g/mol. The molecule has 0 aliphatic carbocycles. The van der Waals surface area contributed by atoms with Gasteiger partial charge in [-0.05, 0) is 19.9 Å². The standard InChI is InChI=1S/C10H14N2O4/c1-10(2,16-11)8-6-7(12(13)14)4-5-9(8)15-3/h4-6H,11H2,1-3H3. The van der Waals surface area contributed by atoms with E-state index in [1.165, 1.54) is 25.3 Å². The van der Waals surface area contributed by atoms with Gasteiger partial charge in [0.2, 0.25) is 0 Å². The van der Waals surface area contributed by atoms with Crippen LogP contribution in [0.25, 0.3) is 0 Å². The highest BCUT2D eigenvalue weighted by molar-refractivity contribution is 5.46. The molecule has 6 heteroatoms. The Morgan fingerprint density at radius 2 is 2.06 bits per heavy atom. The van der Waals surface area contributed by atoms with Crippen molar-refractivity contribution in [2.45, 2.75) is 19.4 Å². The minimum absolute atomic E-state index is 0.0269. The third kappa shape index (κ3) is 2.29. The first-order chi connectivity index (χ1) is 7.42. The molecule has 0 radical (unpaired) electrons. The molecule has 1 aromatic carbocycles. The molecule has 0 saturated carbocycles. The Morgan fingerprint density at radius 3 is 2.50 bits per heavy atom. The van der Waals surface area contributed by atoms with E-state index in [-0.39, 0.29) is 5.69 Å². The molecule has 1 rings (SSSR count). The summed E-state index contributed by atoms with van der Waals surface area (Å²) in [7, 11) is 1.48. The normalized spacial score (nSPS) is 11.2. The van der Waals surface area contributed by atoms with Crippen molar-refractivity contribution < 1.29 is 14.5 Å². The van der Waals surface area contributed by atoms with E-state index in [4.69, 9.17) is 15.5 Å². The van der Waals surface area contributed by atoms with Gasteiger partial charge in [0.15, 0.2) is 0 Å². The van der Waals surface area contributed by atoms with Crippen molar-refractivity contribution in [1.82, 2.24) is 0 Å². The second-order valence-corrected chi connectivity index (χ2v) is 3.77. The Hall–Kier alpha value is -1.66. The van der Waals surface area contributed by atoms with E-state index in [0.29, 0.717) is 11.3 Å². The van der Waals surface area contributed by atoms with Gasteiger partial charge in [-0.15, -0.1) is 0 Å². The Labute approximate surface area is 93.1 Å². The lowest BCUT2D eigenvalue weighted by Crippen LogP contribution is -2.26. The lowest BCUT2D eigenvalue weighted by atomic mass is 9.96. The zero-order valence-corrected chi connectivity index (χ0v) is 9.39. The summed E-state index contributed by atoms with van der Waals surface area (Å²) in [5.41, 5.74) is -0.343. The smallest absolute Gasteiger partial charge is 0.270 e. The van der Waals surface area contributed by atoms with Crippen molar-refractivity contribution in [1.29, 1.82) is 0 Å². The maximum Gasteiger partial charge on any atom is 0.270 e. The van der Waals surface area contributed by atoms with Crippen LogP contribution >= 0.6 is 0 Å². The fraction of sp³-hybridized carbons (Fsp3) is 0.400. The minimum Gasteiger partial charge on any atom is -0.496 e. The molecule has 2 N–H and O–H groups in total. The van der Waals surface area contributed by atoms with Crippen LogP contribution < -0.4 is 10.6 Å². The zero-order valence-electron chi connectivity index (χ0n) is 9.39. The molecule has 0 unspecified atom stereocenters. The number of nitrogens with zero attached hydrogens (tertiary/aromatic N) is 1. The highest BCUT2D eigenvalue weighted by Gasteiger charge is 2.27. The van der Waals surface area contributed by atoms with Crippen molar-refractivity contribution in [3.8, 4) is 5.75 Å². The summed E-state index contributed by atoms with van der Waals surface area (Å²) in [4.78, 5) is 15.0. The van der Waals surface area contributed by atoms with Gasteiger partial charge in [0.25, 0.3) is 5.69 Å². The van der Waals surface area contributed by atoms with Crippen LogP contribution in [-0.2, 0) is 10.4 Å². The number of ether oxygens (including phenoxy) is 1. The molecular formula is C10H14N2O4. The number of methoxy groups -OCH3 is 1. The first-order valence-electron chi connectivity index (χ1n) is 4.63. The molecule has 0 saturated heterocycles. The number of non-ortho nitro benzene ring substituents is 1. The molecule has 0 aliphatic rings. The Kier molecular flexibility index (Phi) is 3.46. The first-order valence-corrected chi connectivity index (χ1v) is 4.63. The number of nitrogens with two attached hydrogens (primary N) is 1. The molecule has 0 atom stereocenters. The number of nitro groups is 1. The lowest BCUT2D eigenvalue weighted by Gasteiger charge is -2.24. The fourth-order valence-corrected chi connectivity index (χ4v) is 1.34. The monoisotopic (exact) mass is 226 g/mol. The van der Waals surface area contributed by atoms with Crippen molar-refractivity contribution in [2.24, 2.45) is 5.90 Å².